The summed E-state index contributed by atoms with van der Waals surface area (Å²) < 4.78 is 0. The Kier molecular flexibility index (Phi) is 5.61. The van der Waals surface area contributed by atoms with Crippen LogP contribution in [0, 0.1) is 0 Å². The molecule has 0 saturated carbocycles. The molecule has 1 fully saturated rings. The summed E-state index contributed by atoms with van der Waals surface area (Å²) in [7, 11) is 0. The number of benzene rings is 1. The highest BCUT2D eigenvalue weighted by Crippen LogP contribution is 2.32. The number of likely N-dealkylation sites (tertiary alicyclic amines) is 1. The third-order valence-electron chi connectivity index (χ3n) is 4.85. The summed E-state index contributed by atoms with van der Waals surface area (Å²) in [5.74, 6) is 0.716. The Hall–Kier alpha value is -1.75. The molecular weight excluding hydrogens is 318 g/mol. The van der Waals surface area contributed by atoms with Gasteiger partial charge in [-0.05, 0) is 31.2 Å². The van der Waals surface area contributed by atoms with Crippen molar-refractivity contribution in [1.82, 2.24) is 15.1 Å². The van der Waals surface area contributed by atoms with E-state index in [0.29, 0.717) is 5.92 Å². The zero-order valence-electron chi connectivity index (χ0n) is 14.4. The van der Waals surface area contributed by atoms with Crippen molar-refractivity contribution >= 4 is 17.2 Å². The van der Waals surface area contributed by atoms with Gasteiger partial charge in [0.1, 0.15) is 10.0 Å². The highest BCUT2D eigenvalue weighted by molar-refractivity contribution is 7.11. The Labute approximate surface area is 147 Å². The van der Waals surface area contributed by atoms with E-state index in [1.165, 1.54) is 0 Å². The zero-order valence-corrected chi connectivity index (χ0v) is 15.3. The lowest BCUT2D eigenvalue weighted by molar-refractivity contribution is -0.134. The maximum atomic E-state index is 12.9. The average Bonchev–Trinajstić information content (AvgIpc) is 3.12. The average molecular weight is 343 g/mol. The second-order valence-electron chi connectivity index (χ2n) is 6.36. The van der Waals surface area contributed by atoms with Gasteiger partial charge in [0.2, 0.25) is 5.91 Å². The number of hydrogen-bond acceptors (Lipinski definition) is 4. The molecule has 0 bridgehead atoms. The van der Waals surface area contributed by atoms with Crippen molar-refractivity contribution < 1.29 is 4.79 Å². The number of rotatable bonds is 5. The van der Waals surface area contributed by atoms with Crippen LogP contribution in [0.2, 0.25) is 0 Å². The van der Waals surface area contributed by atoms with E-state index in [9.17, 15) is 4.79 Å². The number of nitrogens with zero attached hydrogens (tertiary/aromatic N) is 3. The molecular formula is C19H25N3OS. The molecule has 0 aliphatic carbocycles. The summed E-state index contributed by atoms with van der Waals surface area (Å²) in [6, 6.07) is 10.1. The Balaban J connectivity index is 1.62. The van der Waals surface area contributed by atoms with Gasteiger partial charge >= 0.3 is 0 Å². The highest BCUT2D eigenvalue weighted by Gasteiger charge is 2.29. The van der Waals surface area contributed by atoms with Crippen molar-refractivity contribution in [1.29, 1.82) is 0 Å². The fraction of sp³-hybridized carbons (Fsp3) is 0.526. The summed E-state index contributed by atoms with van der Waals surface area (Å²) in [4.78, 5) is 15.0. The van der Waals surface area contributed by atoms with E-state index in [1.807, 2.05) is 23.1 Å². The summed E-state index contributed by atoms with van der Waals surface area (Å²) in [6.45, 7) is 5.86. The molecule has 5 heteroatoms. The largest absolute Gasteiger partial charge is 0.342 e. The van der Waals surface area contributed by atoms with E-state index in [2.05, 4.69) is 36.2 Å². The number of hydrogen-bond donors (Lipinski definition) is 0. The van der Waals surface area contributed by atoms with Crippen LogP contribution >= 0.6 is 11.3 Å². The molecule has 3 rings (SSSR count). The summed E-state index contributed by atoms with van der Waals surface area (Å²) in [5.41, 5.74) is 1.13. The molecule has 0 radical (unpaired) electrons. The fourth-order valence-electron chi connectivity index (χ4n) is 3.38. The predicted octanol–water partition coefficient (Wildman–Crippen LogP) is 4.00. The van der Waals surface area contributed by atoms with Crippen LogP contribution in [0.25, 0.3) is 0 Å². The van der Waals surface area contributed by atoms with Crippen molar-refractivity contribution in [2.45, 2.75) is 51.4 Å². The smallest absolute Gasteiger partial charge is 0.230 e. The van der Waals surface area contributed by atoms with Crippen molar-refractivity contribution in [2.75, 3.05) is 13.1 Å². The lowest BCUT2D eigenvalue weighted by Gasteiger charge is -2.33. The molecule has 2 aromatic rings. The second kappa shape index (κ2) is 7.88. The van der Waals surface area contributed by atoms with Crippen LogP contribution in [-0.2, 0) is 11.2 Å². The molecule has 24 heavy (non-hydrogen) atoms. The van der Waals surface area contributed by atoms with Crippen LogP contribution in [0.5, 0.6) is 0 Å². The fourth-order valence-corrected chi connectivity index (χ4v) is 4.33. The van der Waals surface area contributed by atoms with Crippen LogP contribution in [0.1, 0.15) is 60.5 Å². The third kappa shape index (κ3) is 3.66. The minimum Gasteiger partial charge on any atom is -0.342 e. The number of carbonyl (C=O) groups is 1. The lowest BCUT2D eigenvalue weighted by atomic mass is 9.92. The quantitative estimate of drug-likeness (QED) is 0.824. The molecule has 4 nitrogen and oxygen atoms in total. The molecule has 1 unspecified atom stereocenters. The highest BCUT2D eigenvalue weighted by atomic mass is 32.1. The van der Waals surface area contributed by atoms with E-state index < -0.39 is 0 Å². The van der Waals surface area contributed by atoms with Crippen molar-refractivity contribution in [2.24, 2.45) is 0 Å². The molecule has 1 aromatic carbocycles. The van der Waals surface area contributed by atoms with Gasteiger partial charge < -0.3 is 4.90 Å². The van der Waals surface area contributed by atoms with Gasteiger partial charge in [-0.15, -0.1) is 21.5 Å². The Morgan fingerprint density at radius 2 is 1.92 bits per heavy atom. The maximum absolute atomic E-state index is 12.9. The molecule has 0 spiro atoms. The molecule has 0 N–H and O–H groups in total. The molecule has 1 atom stereocenters. The minimum atomic E-state index is -0.0176. The standard InChI is InChI=1S/C19H25N3OS/c1-3-16(14-8-6-5-7-9-14)19(23)22-12-10-15(11-13-22)18-21-20-17(4-2)24-18/h5-9,15-16H,3-4,10-13H2,1-2H3. The summed E-state index contributed by atoms with van der Waals surface area (Å²) in [5, 5.41) is 10.8. The second-order valence-corrected chi connectivity index (χ2v) is 7.45. The number of aromatic nitrogens is 2. The van der Waals surface area contributed by atoms with E-state index in [4.69, 9.17) is 0 Å². The molecule has 1 aliphatic rings. The Morgan fingerprint density at radius 1 is 1.21 bits per heavy atom. The topological polar surface area (TPSA) is 46.1 Å². The van der Waals surface area contributed by atoms with Crippen LogP contribution in [-0.4, -0.2) is 34.1 Å². The van der Waals surface area contributed by atoms with E-state index in [0.717, 1.165) is 54.4 Å². The van der Waals surface area contributed by atoms with Crippen molar-refractivity contribution in [3.8, 4) is 0 Å². The lowest BCUT2D eigenvalue weighted by Crippen LogP contribution is -2.40. The summed E-state index contributed by atoms with van der Waals surface area (Å²) >= 11 is 1.73. The van der Waals surface area contributed by atoms with Crippen LogP contribution in [0.15, 0.2) is 30.3 Å². The normalized spacial score (nSPS) is 17.0. The van der Waals surface area contributed by atoms with Crippen LogP contribution < -0.4 is 0 Å². The number of carbonyl (C=O) groups excluding carboxylic acids is 1. The minimum absolute atomic E-state index is 0.0176. The first-order valence-corrected chi connectivity index (χ1v) is 9.70. The molecule has 2 heterocycles. The first kappa shape index (κ1) is 17.1. The number of amides is 1. The van der Waals surface area contributed by atoms with Gasteiger partial charge in [-0.25, -0.2) is 0 Å². The van der Waals surface area contributed by atoms with Crippen LogP contribution in [0.4, 0.5) is 0 Å². The summed E-state index contributed by atoms with van der Waals surface area (Å²) in [6.07, 6.45) is 3.79. The van der Waals surface area contributed by atoms with E-state index in [-0.39, 0.29) is 11.8 Å². The third-order valence-corrected chi connectivity index (χ3v) is 6.08. The monoisotopic (exact) mass is 343 g/mol. The van der Waals surface area contributed by atoms with Gasteiger partial charge in [-0.1, -0.05) is 44.2 Å². The van der Waals surface area contributed by atoms with Crippen LogP contribution in [0.3, 0.4) is 0 Å². The molecule has 1 aliphatic heterocycles. The Bertz CT molecular complexity index is 662. The molecule has 1 amide bonds. The van der Waals surface area contributed by atoms with E-state index >= 15 is 0 Å². The molecule has 128 valence electrons. The number of piperidine rings is 1. The first-order chi connectivity index (χ1) is 11.7. The number of aryl methyl sites for hydroxylation is 1. The Morgan fingerprint density at radius 3 is 2.50 bits per heavy atom. The van der Waals surface area contributed by atoms with Gasteiger partial charge in [-0.3, -0.25) is 4.79 Å². The van der Waals surface area contributed by atoms with Gasteiger partial charge in [-0.2, -0.15) is 0 Å². The SMILES string of the molecule is CCc1nnc(C2CCN(C(=O)C(CC)c3ccccc3)CC2)s1. The predicted molar refractivity (Wildman–Crippen MR) is 97.3 cm³/mol. The van der Waals surface area contributed by atoms with Gasteiger partial charge in [0.25, 0.3) is 0 Å². The molecule has 1 aromatic heterocycles. The van der Waals surface area contributed by atoms with Gasteiger partial charge in [0, 0.05) is 19.0 Å². The van der Waals surface area contributed by atoms with Gasteiger partial charge in [0.15, 0.2) is 0 Å². The zero-order chi connectivity index (χ0) is 16.9. The molecule has 1 saturated heterocycles. The van der Waals surface area contributed by atoms with Gasteiger partial charge in [0.05, 0.1) is 5.92 Å². The maximum Gasteiger partial charge on any atom is 0.230 e. The first-order valence-electron chi connectivity index (χ1n) is 8.88. The van der Waals surface area contributed by atoms with E-state index in [1.54, 1.807) is 11.3 Å². The van der Waals surface area contributed by atoms with Crippen molar-refractivity contribution in [3.05, 3.63) is 45.9 Å². The van der Waals surface area contributed by atoms with Crippen molar-refractivity contribution in [3.63, 3.8) is 0 Å².